The van der Waals surface area contributed by atoms with E-state index in [0.717, 1.165) is 32.5 Å². The Morgan fingerprint density at radius 3 is 2.75 bits per heavy atom. The minimum Gasteiger partial charge on any atom is -0.357 e. The SMILES string of the molecule is [NH3+]CCC[NH2+]CCCn1ccc(=O)[nH]c1=O. The molecule has 0 aromatic carbocycles. The Bertz CT molecular complexity index is 410. The van der Waals surface area contributed by atoms with Crippen LogP contribution >= 0.6 is 0 Å². The zero-order chi connectivity index (χ0) is 11.8. The Labute approximate surface area is 93.5 Å². The van der Waals surface area contributed by atoms with E-state index in [0.29, 0.717) is 6.54 Å². The van der Waals surface area contributed by atoms with E-state index < -0.39 is 0 Å². The Morgan fingerprint density at radius 1 is 1.31 bits per heavy atom. The van der Waals surface area contributed by atoms with Gasteiger partial charge in [-0.3, -0.25) is 9.78 Å². The highest BCUT2D eigenvalue weighted by Crippen LogP contribution is 1.80. The summed E-state index contributed by atoms with van der Waals surface area (Å²) in [5.41, 5.74) is 3.10. The van der Waals surface area contributed by atoms with E-state index in [2.05, 4.69) is 16.0 Å². The average Bonchev–Trinajstić information content (AvgIpc) is 2.26. The van der Waals surface area contributed by atoms with Crippen LogP contribution in [-0.4, -0.2) is 29.2 Å². The first-order valence-corrected chi connectivity index (χ1v) is 5.64. The predicted octanol–water partition coefficient (Wildman–Crippen LogP) is -2.88. The minimum atomic E-state index is -0.344. The van der Waals surface area contributed by atoms with Crippen molar-refractivity contribution in [2.24, 2.45) is 0 Å². The van der Waals surface area contributed by atoms with Gasteiger partial charge in [-0.25, -0.2) is 4.79 Å². The van der Waals surface area contributed by atoms with Crippen LogP contribution in [0.15, 0.2) is 21.9 Å². The number of nitrogens with zero attached hydrogens (tertiary/aromatic N) is 1. The molecule has 1 rings (SSSR count). The number of H-pyrrole nitrogens is 1. The first-order valence-electron chi connectivity index (χ1n) is 5.64. The largest absolute Gasteiger partial charge is 0.357 e. The van der Waals surface area contributed by atoms with Crippen LogP contribution in [-0.2, 0) is 6.54 Å². The van der Waals surface area contributed by atoms with Crippen molar-refractivity contribution in [2.75, 3.05) is 19.6 Å². The van der Waals surface area contributed by atoms with E-state index in [1.807, 2.05) is 0 Å². The third-order valence-corrected chi connectivity index (χ3v) is 2.36. The van der Waals surface area contributed by atoms with Crippen molar-refractivity contribution in [3.05, 3.63) is 33.1 Å². The second-order valence-corrected chi connectivity index (χ2v) is 3.73. The maximum Gasteiger partial charge on any atom is 0.328 e. The molecule has 1 aromatic heterocycles. The third-order valence-electron chi connectivity index (χ3n) is 2.36. The quantitative estimate of drug-likeness (QED) is 0.437. The van der Waals surface area contributed by atoms with Gasteiger partial charge in [0.25, 0.3) is 5.56 Å². The van der Waals surface area contributed by atoms with Gasteiger partial charge in [0.2, 0.25) is 0 Å². The number of rotatable bonds is 7. The van der Waals surface area contributed by atoms with E-state index >= 15 is 0 Å². The molecule has 16 heavy (non-hydrogen) atoms. The molecule has 0 aliphatic rings. The van der Waals surface area contributed by atoms with Gasteiger partial charge in [0.1, 0.15) is 0 Å². The van der Waals surface area contributed by atoms with Crippen molar-refractivity contribution in [3.63, 3.8) is 0 Å². The van der Waals surface area contributed by atoms with Gasteiger partial charge < -0.3 is 15.6 Å². The molecule has 90 valence electrons. The number of aryl methyl sites for hydroxylation is 1. The third kappa shape index (κ3) is 4.41. The van der Waals surface area contributed by atoms with Crippen LogP contribution in [0, 0.1) is 0 Å². The molecular weight excluding hydrogens is 208 g/mol. The Morgan fingerprint density at radius 2 is 2.06 bits per heavy atom. The number of hydrogen-bond acceptors (Lipinski definition) is 2. The van der Waals surface area contributed by atoms with Gasteiger partial charge >= 0.3 is 5.69 Å². The van der Waals surface area contributed by atoms with Crippen LogP contribution < -0.4 is 22.3 Å². The van der Waals surface area contributed by atoms with E-state index in [4.69, 9.17) is 0 Å². The van der Waals surface area contributed by atoms with Crippen LogP contribution in [0.2, 0.25) is 0 Å². The highest BCUT2D eigenvalue weighted by molar-refractivity contribution is 4.82. The fraction of sp³-hybridized carbons (Fsp3) is 0.600. The summed E-state index contributed by atoms with van der Waals surface area (Å²) in [7, 11) is 0. The molecule has 0 bridgehead atoms. The van der Waals surface area contributed by atoms with E-state index in [1.54, 1.807) is 0 Å². The van der Waals surface area contributed by atoms with Crippen LogP contribution in [0.1, 0.15) is 12.8 Å². The summed E-state index contributed by atoms with van der Waals surface area (Å²) in [5, 5.41) is 2.22. The standard InChI is InChI=1S/C10H18N4O2/c11-4-1-5-12-6-2-7-14-8-3-9(15)13-10(14)16/h3,8,12H,1-2,4-7,11H2,(H,13,15,16)/p+2. The molecule has 0 saturated heterocycles. The van der Waals surface area contributed by atoms with Crippen molar-refractivity contribution in [3.8, 4) is 0 Å². The molecule has 0 amide bonds. The molecule has 0 aliphatic carbocycles. The highest BCUT2D eigenvalue weighted by atomic mass is 16.2. The number of nitrogens with two attached hydrogens (primary N) is 1. The first kappa shape index (κ1) is 12.7. The van der Waals surface area contributed by atoms with Crippen molar-refractivity contribution < 1.29 is 11.1 Å². The Kier molecular flexibility index (Phi) is 5.52. The molecule has 0 spiro atoms. The number of nitrogens with one attached hydrogen (secondary N) is 1. The summed E-state index contributed by atoms with van der Waals surface area (Å²) >= 11 is 0. The number of quaternary nitrogens is 2. The maximum absolute atomic E-state index is 11.3. The normalized spacial score (nSPS) is 10.6. The van der Waals surface area contributed by atoms with Gasteiger partial charge in [0, 0.05) is 31.6 Å². The lowest BCUT2D eigenvalue weighted by atomic mass is 10.4. The molecule has 6 N–H and O–H groups in total. The van der Waals surface area contributed by atoms with Gasteiger partial charge in [-0.15, -0.1) is 0 Å². The van der Waals surface area contributed by atoms with Gasteiger partial charge in [0.15, 0.2) is 0 Å². The molecule has 0 fully saturated rings. The van der Waals surface area contributed by atoms with Crippen molar-refractivity contribution >= 4 is 0 Å². The summed E-state index contributed by atoms with van der Waals surface area (Å²) in [4.78, 5) is 24.3. The highest BCUT2D eigenvalue weighted by Gasteiger charge is 1.97. The molecule has 0 atom stereocenters. The second kappa shape index (κ2) is 6.97. The van der Waals surface area contributed by atoms with Crippen molar-refractivity contribution in [1.82, 2.24) is 9.55 Å². The topological polar surface area (TPSA) is 99.1 Å². The van der Waals surface area contributed by atoms with Gasteiger partial charge in [-0.2, -0.15) is 0 Å². The van der Waals surface area contributed by atoms with E-state index in [9.17, 15) is 9.59 Å². The molecule has 0 saturated carbocycles. The Hall–Kier alpha value is -1.40. The van der Waals surface area contributed by atoms with Crippen LogP contribution in [0.25, 0.3) is 0 Å². The van der Waals surface area contributed by atoms with Crippen molar-refractivity contribution in [2.45, 2.75) is 19.4 Å². The second-order valence-electron chi connectivity index (χ2n) is 3.73. The van der Waals surface area contributed by atoms with Gasteiger partial charge in [-0.1, -0.05) is 0 Å². The lowest BCUT2D eigenvalue weighted by Gasteiger charge is -2.03. The number of aromatic amines is 1. The van der Waals surface area contributed by atoms with Gasteiger partial charge in [-0.05, 0) is 0 Å². The van der Waals surface area contributed by atoms with Crippen molar-refractivity contribution in [1.29, 1.82) is 0 Å². The molecule has 1 aromatic rings. The minimum absolute atomic E-state index is 0.328. The summed E-state index contributed by atoms with van der Waals surface area (Å²) in [6.45, 7) is 3.70. The lowest BCUT2D eigenvalue weighted by molar-refractivity contribution is -0.657. The fourth-order valence-electron chi connectivity index (χ4n) is 1.46. The van der Waals surface area contributed by atoms with Crippen LogP contribution in [0.5, 0.6) is 0 Å². The van der Waals surface area contributed by atoms with Gasteiger partial charge in [0.05, 0.1) is 19.6 Å². The van der Waals surface area contributed by atoms with E-state index in [-0.39, 0.29) is 11.2 Å². The number of hydrogen-bond donors (Lipinski definition) is 3. The molecule has 6 heteroatoms. The Balaban J connectivity index is 2.27. The zero-order valence-electron chi connectivity index (χ0n) is 9.45. The fourth-order valence-corrected chi connectivity index (χ4v) is 1.46. The number of aromatic nitrogens is 2. The van der Waals surface area contributed by atoms with Crippen LogP contribution in [0.3, 0.4) is 0 Å². The summed E-state index contributed by atoms with van der Waals surface area (Å²) in [6, 6.07) is 1.37. The molecule has 0 aliphatic heterocycles. The van der Waals surface area contributed by atoms with Crippen LogP contribution in [0.4, 0.5) is 0 Å². The van der Waals surface area contributed by atoms with E-state index in [1.165, 1.54) is 16.8 Å². The average molecular weight is 228 g/mol. The first-order chi connectivity index (χ1) is 7.74. The summed E-state index contributed by atoms with van der Waals surface area (Å²) in [6.07, 6.45) is 3.58. The molecule has 0 radical (unpaired) electrons. The molecule has 6 nitrogen and oxygen atoms in total. The summed E-state index contributed by atoms with van der Waals surface area (Å²) in [5.74, 6) is 0. The zero-order valence-corrected chi connectivity index (χ0v) is 9.45. The smallest absolute Gasteiger partial charge is 0.328 e. The predicted molar refractivity (Wildman–Crippen MR) is 60.0 cm³/mol. The maximum atomic E-state index is 11.3. The summed E-state index contributed by atoms with van der Waals surface area (Å²) < 4.78 is 1.52. The molecular formula is C10H20N4O2+2. The lowest BCUT2D eigenvalue weighted by Crippen LogP contribution is -2.85. The monoisotopic (exact) mass is 228 g/mol. The molecule has 0 unspecified atom stereocenters. The molecule has 1 heterocycles.